The van der Waals surface area contributed by atoms with Gasteiger partial charge in [-0.1, -0.05) is 11.6 Å². The van der Waals surface area contributed by atoms with E-state index in [9.17, 15) is 4.39 Å². The van der Waals surface area contributed by atoms with Crippen molar-refractivity contribution in [3.8, 4) is 17.6 Å². The second-order valence-corrected chi connectivity index (χ2v) is 4.66. The first-order valence-corrected chi connectivity index (χ1v) is 6.67. The van der Waals surface area contributed by atoms with E-state index in [4.69, 9.17) is 26.3 Å². The molecular formula is C15H13ClFN3O2. The molecule has 2 aromatic rings. The summed E-state index contributed by atoms with van der Waals surface area (Å²) in [6.45, 7) is 0.277. The van der Waals surface area contributed by atoms with Crippen LogP contribution in [0, 0.1) is 17.1 Å². The van der Waals surface area contributed by atoms with Gasteiger partial charge < -0.3 is 14.8 Å². The largest absolute Gasteiger partial charge is 0.497 e. The van der Waals surface area contributed by atoms with Crippen LogP contribution in [-0.2, 0) is 6.54 Å². The number of hydrogen-bond donors (Lipinski definition) is 1. The summed E-state index contributed by atoms with van der Waals surface area (Å²) in [5, 5.41) is 11.6. The number of halogens is 2. The summed E-state index contributed by atoms with van der Waals surface area (Å²) in [6.07, 6.45) is 0. The van der Waals surface area contributed by atoms with Gasteiger partial charge in [0.1, 0.15) is 22.7 Å². The summed E-state index contributed by atoms with van der Waals surface area (Å²) < 4.78 is 24.2. The average Bonchev–Trinajstić information content (AvgIpc) is 2.54. The Labute approximate surface area is 132 Å². The molecule has 0 aliphatic heterocycles. The molecule has 1 aromatic heterocycles. The zero-order chi connectivity index (χ0) is 16.1. The summed E-state index contributed by atoms with van der Waals surface area (Å²) >= 11 is 5.80. The van der Waals surface area contributed by atoms with Crippen molar-refractivity contribution in [3.63, 3.8) is 0 Å². The number of benzene rings is 1. The first kappa shape index (κ1) is 15.9. The van der Waals surface area contributed by atoms with Crippen molar-refractivity contribution in [1.82, 2.24) is 4.98 Å². The zero-order valence-electron chi connectivity index (χ0n) is 12.0. The van der Waals surface area contributed by atoms with Crippen molar-refractivity contribution in [2.24, 2.45) is 0 Å². The number of pyridine rings is 1. The maximum absolute atomic E-state index is 13.8. The molecule has 0 unspecified atom stereocenters. The van der Waals surface area contributed by atoms with Gasteiger partial charge in [0, 0.05) is 18.2 Å². The SMILES string of the molecule is COc1ccc(CNc2nc(Cl)c(C#N)cc2F)c(OC)c1. The standard InChI is InChI=1S/C15H13ClFN3O2/c1-21-11-4-3-9(13(6-11)22-2)8-19-15-12(17)5-10(7-18)14(16)20-15/h3-6H,8H2,1-2H3,(H,19,20). The Balaban J connectivity index is 2.20. The molecule has 5 nitrogen and oxygen atoms in total. The Kier molecular flexibility index (Phi) is 5.02. The number of nitrogens with zero attached hydrogens (tertiary/aromatic N) is 2. The number of rotatable bonds is 5. The van der Waals surface area contributed by atoms with E-state index in [0.717, 1.165) is 11.6 Å². The minimum absolute atomic E-state index is 0.00764. The molecule has 1 heterocycles. The van der Waals surface area contributed by atoms with Crippen LogP contribution >= 0.6 is 11.6 Å². The Morgan fingerprint density at radius 1 is 1.32 bits per heavy atom. The van der Waals surface area contributed by atoms with E-state index in [1.165, 1.54) is 7.11 Å². The minimum Gasteiger partial charge on any atom is -0.497 e. The van der Waals surface area contributed by atoms with Crippen LogP contribution in [0.1, 0.15) is 11.1 Å². The molecule has 22 heavy (non-hydrogen) atoms. The second kappa shape index (κ2) is 6.96. The first-order valence-electron chi connectivity index (χ1n) is 6.30. The minimum atomic E-state index is -0.645. The van der Waals surface area contributed by atoms with E-state index in [1.807, 2.05) is 0 Å². The van der Waals surface area contributed by atoms with Crippen molar-refractivity contribution in [2.45, 2.75) is 6.54 Å². The van der Waals surface area contributed by atoms with Crippen molar-refractivity contribution in [3.05, 3.63) is 46.4 Å². The van der Waals surface area contributed by atoms with Crippen molar-refractivity contribution in [1.29, 1.82) is 5.26 Å². The summed E-state index contributed by atoms with van der Waals surface area (Å²) in [5.74, 6) is 0.591. The Morgan fingerprint density at radius 2 is 2.09 bits per heavy atom. The van der Waals surface area contributed by atoms with Crippen LogP contribution in [0.25, 0.3) is 0 Å². The van der Waals surface area contributed by atoms with Gasteiger partial charge in [-0.15, -0.1) is 0 Å². The molecule has 2 rings (SSSR count). The average molecular weight is 322 g/mol. The van der Waals surface area contributed by atoms with Crippen LogP contribution in [-0.4, -0.2) is 19.2 Å². The molecule has 0 aliphatic carbocycles. The number of nitrogens with one attached hydrogen (secondary N) is 1. The monoisotopic (exact) mass is 321 g/mol. The van der Waals surface area contributed by atoms with Gasteiger partial charge in [-0.2, -0.15) is 5.26 Å². The van der Waals surface area contributed by atoms with Crippen LogP contribution in [0.15, 0.2) is 24.3 Å². The summed E-state index contributed by atoms with van der Waals surface area (Å²) in [4.78, 5) is 3.84. The zero-order valence-corrected chi connectivity index (χ0v) is 12.7. The third-order valence-corrected chi connectivity index (χ3v) is 3.28. The quantitative estimate of drug-likeness (QED) is 0.855. The molecule has 0 spiro atoms. The van der Waals surface area contributed by atoms with Gasteiger partial charge in [0.2, 0.25) is 0 Å². The third-order valence-electron chi connectivity index (χ3n) is 2.99. The van der Waals surface area contributed by atoms with Gasteiger partial charge in [-0.3, -0.25) is 0 Å². The van der Waals surface area contributed by atoms with Gasteiger partial charge in [-0.05, 0) is 18.2 Å². The van der Waals surface area contributed by atoms with E-state index in [0.29, 0.717) is 11.5 Å². The fourth-order valence-corrected chi connectivity index (χ4v) is 2.03. The third kappa shape index (κ3) is 3.38. The highest BCUT2D eigenvalue weighted by Gasteiger charge is 2.11. The fourth-order valence-electron chi connectivity index (χ4n) is 1.85. The summed E-state index contributed by atoms with van der Waals surface area (Å²) in [5.41, 5.74) is 0.789. The van der Waals surface area contributed by atoms with Crippen LogP contribution in [0.3, 0.4) is 0 Å². The number of anilines is 1. The lowest BCUT2D eigenvalue weighted by Crippen LogP contribution is -2.06. The normalized spacial score (nSPS) is 9.95. The molecule has 0 bridgehead atoms. The predicted octanol–water partition coefficient (Wildman–Crippen LogP) is 3.38. The van der Waals surface area contributed by atoms with Gasteiger partial charge in [0.25, 0.3) is 0 Å². The smallest absolute Gasteiger partial charge is 0.166 e. The molecular weight excluding hydrogens is 309 g/mol. The topological polar surface area (TPSA) is 67.2 Å². The highest BCUT2D eigenvalue weighted by atomic mass is 35.5. The van der Waals surface area contributed by atoms with E-state index >= 15 is 0 Å². The van der Waals surface area contributed by atoms with Gasteiger partial charge in [-0.25, -0.2) is 9.37 Å². The lowest BCUT2D eigenvalue weighted by Gasteiger charge is -2.12. The van der Waals surface area contributed by atoms with E-state index in [-0.39, 0.29) is 23.1 Å². The highest BCUT2D eigenvalue weighted by Crippen LogP contribution is 2.26. The number of hydrogen-bond acceptors (Lipinski definition) is 5. The van der Waals surface area contributed by atoms with Crippen molar-refractivity contribution >= 4 is 17.4 Å². The van der Waals surface area contributed by atoms with Crippen LogP contribution in [0.5, 0.6) is 11.5 Å². The van der Waals surface area contributed by atoms with E-state index in [2.05, 4.69) is 10.3 Å². The Bertz CT molecular complexity index is 731. The van der Waals surface area contributed by atoms with Crippen LogP contribution in [0.2, 0.25) is 5.15 Å². The molecule has 0 aliphatic rings. The van der Waals surface area contributed by atoms with E-state index in [1.54, 1.807) is 31.4 Å². The van der Waals surface area contributed by atoms with Crippen molar-refractivity contribution < 1.29 is 13.9 Å². The Morgan fingerprint density at radius 3 is 2.73 bits per heavy atom. The van der Waals surface area contributed by atoms with Crippen LogP contribution in [0.4, 0.5) is 10.2 Å². The second-order valence-electron chi connectivity index (χ2n) is 4.30. The molecule has 114 valence electrons. The molecule has 1 N–H and O–H groups in total. The van der Waals surface area contributed by atoms with E-state index < -0.39 is 5.82 Å². The first-order chi connectivity index (χ1) is 10.6. The maximum atomic E-state index is 13.8. The number of aromatic nitrogens is 1. The fraction of sp³-hybridized carbons (Fsp3) is 0.200. The van der Waals surface area contributed by atoms with Gasteiger partial charge >= 0.3 is 0 Å². The molecule has 1 aromatic carbocycles. The summed E-state index contributed by atoms with van der Waals surface area (Å²) in [7, 11) is 3.10. The lowest BCUT2D eigenvalue weighted by atomic mass is 10.2. The number of methoxy groups -OCH3 is 2. The maximum Gasteiger partial charge on any atom is 0.166 e. The van der Waals surface area contributed by atoms with Crippen molar-refractivity contribution in [2.75, 3.05) is 19.5 Å². The number of nitriles is 1. The molecule has 0 radical (unpaired) electrons. The highest BCUT2D eigenvalue weighted by molar-refractivity contribution is 6.30. The molecule has 0 fully saturated rings. The van der Waals surface area contributed by atoms with Gasteiger partial charge in [0.05, 0.1) is 19.8 Å². The van der Waals surface area contributed by atoms with Gasteiger partial charge in [0.15, 0.2) is 11.6 Å². The molecule has 0 amide bonds. The molecule has 7 heteroatoms. The number of ether oxygens (including phenoxy) is 2. The molecule has 0 saturated heterocycles. The Hall–Kier alpha value is -2.52. The lowest BCUT2D eigenvalue weighted by molar-refractivity contribution is 0.391. The molecule has 0 saturated carbocycles. The molecule has 0 atom stereocenters. The van der Waals surface area contributed by atoms with Crippen LogP contribution < -0.4 is 14.8 Å². The predicted molar refractivity (Wildman–Crippen MR) is 80.8 cm³/mol. The summed E-state index contributed by atoms with van der Waals surface area (Å²) in [6, 6.07) is 8.12.